The molecule has 0 fully saturated rings. The van der Waals surface area contributed by atoms with Gasteiger partial charge in [-0.2, -0.15) is 0 Å². The molecule has 1 rings (SSSR count). The molecule has 6 nitrogen and oxygen atoms in total. The van der Waals surface area contributed by atoms with Crippen LogP contribution in [0.3, 0.4) is 0 Å². The normalized spacial score (nSPS) is 10.0. The van der Waals surface area contributed by atoms with Gasteiger partial charge < -0.3 is 16.4 Å². The van der Waals surface area contributed by atoms with Crippen LogP contribution in [0.4, 0.5) is 11.6 Å². The van der Waals surface area contributed by atoms with Crippen molar-refractivity contribution in [2.24, 2.45) is 5.73 Å². The van der Waals surface area contributed by atoms with Crippen molar-refractivity contribution < 1.29 is 4.79 Å². The summed E-state index contributed by atoms with van der Waals surface area (Å²) in [6, 6.07) is 0. The maximum atomic E-state index is 10.8. The molecular formula is C9H15N5O. The average Bonchev–Trinajstić information content (AvgIpc) is 2.19. The molecule has 15 heavy (non-hydrogen) atoms. The van der Waals surface area contributed by atoms with Gasteiger partial charge in [0.05, 0.1) is 6.54 Å². The van der Waals surface area contributed by atoms with Crippen LogP contribution < -0.4 is 16.4 Å². The molecule has 0 aromatic carbocycles. The van der Waals surface area contributed by atoms with Gasteiger partial charge in [0, 0.05) is 12.1 Å². The Labute approximate surface area is 88.3 Å². The largest absolute Gasteiger partial charge is 0.383 e. The van der Waals surface area contributed by atoms with Crippen molar-refractivity contribution in [1.29, 1.82) is 0 Å². The standard InChI is InChI=1S/C9H15N5O/c1-3-14(4-7(10)15)9-6(2)8(11)12-5-13-9/h5H,3-4H2,1-2H3,(H2,10,15)(H2,11,12,13). The molecule has 82 valence electrons. The van der Waals surface area contributed by atoms with Crippen LogP contribution in [0, 0.1) is 6.92 Å². The van der Waals surface area contributed by atoms with E-state index in [1.807, 2.05) is 13.8 Å². The third-order valence-electron chi connectivity index (χ3n) is 2.12. The number of amides is 1. The lowest BCUT2D eigenvalue weighted by Gasteiger charge is -2.21. The fourth-order valence-electron chi connectivity index (χ4n) is 1.30. The molecule has 4 N–H and O–H groups in total. The first kappa shape index (κ1) is 11.2. The topological polar surface area (TPSA) is 98.1 Å². The highest BCUT2D eigenvalue weighted by molar-refractivity contribution is 5.79. The summed E-state index contributed by atoms with van der Waals surface area (Å²) in [4.78, 5) is 20.6. The van der Waals surface area contributed by atoms with Crippen molar-refractivity contribution in [2.75, 3.05) is 23.7 Å². The highest BCUT2D eigenvalue weighted by atomic mass is 16.1. The molecule has 6 heteroatoms. The minimum absolute atomic E-state index is 0.133. The molecule has 1 amide bonds. The van der Waals surface area contributed by atoms with Gasteiger partial charge >= 0.3 is 0 Å². The monoisotopic (exact) mass is 209 g/mol. The summed E-state index contributed by atoms with van der Waals surface area (Å²) >= 11 is 0. The molecule has 1 aromatic heterocycles. The molecule has 0 aliphatic carbocycles. The van der Waals surface area contributed by atoms with E-state index in [9.17, 15) is 4.79 Å². The van der Waals surface area contributed by atoms with Gasteiger partial charge in [-0.3, -0.25) is 4.79 Å². The summed E-state index contributed by atoms with van der Waals surface area (Å²) in [6.07, 6.45) is 1.38. The lowest BCUT2D eigenvalue weighted by atomic mass is 10.3. The van der Waals surface area contributed by atoms with Crippen molar-refractivity contribution in [3.05, 3.63) is 11.9 Å². The Morgan fingerprint density at radius 1 is 1.53 bits per heavy atom. The van der Waals surface area contributed by atoms with Gasteiger partial charge in [0.15, 0.2) is 0 Å². The minimum atomic E-state index is -0.395. The van der Waals surface area contributed by atoms with Gasteiger partial charge in [0.1, 0.15) is 18.0 Å². The molecule has 0 saturated carbocycles. The molecule has 0 spiro atoms. The number of carbonyl (C=O) groups is 1. The highest BCUT2D eigenvalue weighted by Gasteiger charge is 2.13. The van der Waals surface area contributed by atoms with Crippen LogP contribution in [0.25, 0.3) is 0 Å². The number of hydrogen-bond donors (Lipinski definition) is 2. The molecule has 0 atom stereocenters. The quantitative estimate of drug-likeness (QED) is 0.708. The number of rotatable bonds is 4. The summed E-state index contributed by atoms with van der Waals surface area (Å²) in [5.41, 5.74) is 11.6. The smallest absolute Gasteiger partial charge is 0.236 e. The van der Waals surface area contributed by atoms with Gasteiger partial charge in [0.2, 0.25) is 5.91 Å². The van der Waals surface area contributed by atoms with Crippen LogP contribution in [0.15, 0.2) is 6.33 Å². The van der Waals surface area contributed by atoms with Gasteiger partial charge in [0.25, 0.3) is 0 Å². The van der Waals surface area contributed by atoms with Gasteiger partial charge in [-0.05, 0) is 13.8 Å². The Hall–Kier alpha value is -1.85. The number of nitrogen functional groups attached to an aromatic ring is 1. The maximum absolute atomic E-state index is 10.8. The van der Waals surface area contributed by atoms with Crippen LogP contribution in [0.5, 0.6) is 0 Å². The van der Waals surface area contributed by atoms with E-state index < -0.39 is 5.91 Å². The first-order chi connectivity index (χ1) is 7.06. The number of anilines is 2. The zero-order valence-corrected chi connectivity index (χ0v) is 8.90. The van der Waals surface area contributed by atoms with Crippen molar-refractivity contribution in [1.82, 2.24) is 9.97 Å². The van der Waals surface area contributed by atoms with E-state index in [-0.39, 0.29) is 6.54 Å². The molecule has 0 bridgehead atoms. The van der Waals surface area contributed by atoms with Crippen molar-refractivity contribution in [3.63, 3.8) is 0 Å². The minimum Gasteiger partial charge on any atom is -0.383 e. The molecule has 1 heterocycles. The molecule has 0 radical (unpaired) electrons. The number of aromatic nitrogens is 2. The number of hydrogen-bond acceptors (Lipinski definition) is 5. The highest BCUT2D eigenvalue weighted by Crippen LogP contribution is 2.19. The Morgan fingerprint density at radius 2 is 2.20 bits per heavy atom. The SMILES string of the molecule is CCN(CC(N)=O)c1ncnc(N)c1C. The maximum Gasteiger partial charge on any atom is 0.236 e. The molecule has 0 aliphatic rings. The lowest BCUT2D eigenvalue weighted by molar-refractivity contribution is -0.116. The van der Waals surface area contributed by atoms with Crippen LogP contribution in [-0.4, -0.2) is 29.0 Å². The van der Waals surface area contributed by atoms with Crippen LogP contribution >= 0.6 is 0 Å². The van der Waals surface area contributed by atoms with E-state index >= 15 is 0 Å². The third kappa shape index (κ3) is 2.55. The summed E-state index contributed by atoms with van der Waals surface area (Å²) in [5.74, 6) is 0.681. The second-order valence-electron chi connectivity index (χ2n) is 3.19. The number of primary amides is 1. The van der Waals surface area contributed by atoms with Crippen LogP contribution in [-0.2, 0) is 4.79 Å². The summed E-state index contributed by atoms with van der Waals surface area (Å²) in [7, 11) is 0. The number of likely N-dealkylation sites (N-methyl/N-ethyl adjacent to an activating group) is 1. The zero-order valence-electron chi connectivity index (χ0n) is 8.90. The van der Waals surface area contributed by atoms with Crippen molar-refractivity contribution >= 4 is 17.5 Å². The number of nitrogens with zero attached hydrogens (tertiary/aromatic N) is 3. The van der Waals surface area contributed by atoms with Crippen molar-refractivity contribution in [2.45, 2.75) is 13.8 Å². The summed E-state index contributed by atoms with van der Waals surface area (Å²) < 4.78 is 0. The van der Waals surface area contributed by atoms with Crippen molar-refractivity contribution in [3.8, 4) is 0 Å². The Balaban J connectivity index is 3.01. The Morgan fingerprint density at radius 3 is 2.73 bits per heavy atom. The van der Waals surface area contributed by atoms with E-state index in [2.05, 4.69) is 9.97 Å². The predicted molar refractivity (Wildman–Crippen MR) is 58.3 cm³/mol. The number of nitrogens with two attached hydrogens (primary N) is 2. The summed E-state index contributed by atoms with van der Waals surface area (Å²) in [5, 5.41) is 0. The molecular weight excluding hydrogens is 194 g/mol. The second kappa shape index (κ2) is 4.59. The van der Waals surface area contributed by atoms with E-state index in [1.54, 1.807) is 4.90 Å². The second-order valence-corrected chi connectivity index (χ2v) is 3.19. The lowest BCUT2D eigenvalue weighted by Crippen LogP contribution is -2.34. The van der Waals surface area contributed by atoms with E-state index in [0.717, 1.165) is 5.56 Å². The predicted octanol–water partition coefficient (Wildman–Crippen LogP) is -0.321. The molecule has 0 aliphatic heterocycles. The molecule has 0 saturated heterocycles. The van der Waals surface area contributed by atoms with E-state index in [4.69, 9.17) is 11.5 Å². The first-order valence-electron chi connectivity index (χ1n) is 4.66. The summed E-state index contributed by atoms with van der Waals surface area (Å²) in [6.45, 7) is 4.50. The third-order valence-corrected chi connectivity index (χ3v) is 2.12. The Kier molecular flexibility index (Phi) is 3.43. The Bertz CT molecular complexity index is 366. The molecule has 1 aromatic rings. The van der Waals surface area contributed by atoms with Gasteiger partial charge in [-0.25, -0.2) is 9.97 Å². The van der Waals surface area contributed by atoms with E-state index in [0.29, 0.717) is 18.2 Å². The molecule has 0 unspecified atom stereocenters. The van der Waals surface area contributed by atoms with Gasteiger partial charge in [-0.1, -0.05) is 0 Å². The number of carbonyl (C=O) groups excluding carboxylic acids is 1. The van der Waals surface area contributed by atoms with Gasteiger partial charge in [-0.15, -0.1) is 0 Å². The van der Waals surface area contributed by atoms with Crippen LogP contribution in [0.1, 0.15) is 12.5 Å². The van der Waals surface area contributed by atoms with Crippen LogP contribution in [0.2, 0.25) is 0 Å². The first-order valence-corrected chi connectivity index (χ1v) is 4.66. The fraction of sp³-hybridized carbons (Fsp3) is 0.444. The zero-order chi connectivity index (χ0) is 11.4. The average molecular weight is 209 g/mol. The van der Waals surface area contributed by atoms with E-state index in [1.165, 1.54) is 6.33 Å². The fourth-order valence-corrected chi connectivity index (χ4v) is 1.30.